The maximum atomic E-state index is 3.58. The SMILES string of the molecule is CCCC1CCN(CCNCCN(CC)CC)CC1. The van der Waals surface area contributed by atoms with E-state index in [2.05, 4.69) is 35.9 Å². The number of likely N-dealkylation sites (N-methyl/N-ethyl adjacent to an activating group) is 1. The van der Waals surface area contributed by atoms with Crippen molar-refractivity contribution < 1.29 is 0 Å². The molecule has 114 valence electrons. The fourth-order valence-corrected chi connectivity index (χ4v) is 3.05. The summed E-state index contributed by atoms with van der Waals surface area (Å²) in [4.78, 5) is 5.11. The number of hydrogen-bond acceptors (Lipinski definition) is 3. The lowest BCUT2D eigenvalue weighted by molar-refractivity contribution is 0.178. The second-order valence-corrected chi connectivity index (χ2v) is 5.85. The maximum absolute atomic E-state index is 3.58. The molecule has 0 aromatic heterocycles. The average Bonchev–Trinajstić information content (AvgIpc) is 2.45. The van der Waals surface area contributed by atoms with Gasteiger partial charge in [0.1, 0.15) is 0 Å². The highest BCUT2D eigenvalue weighted by Gasteiger charge is 2.17. The van der Waals surface area contributed by atoms with Crippen molar-refractivity contribution in [2.75, 3.05) is 52.4 Å². The summed E-state index contributed by atoms with van der Waals surface area (Å²) in [6.07, 6.45) is 5.65. The normalized spacial score (nSPS) is 18.3. The van der Waals surface area contributed by atoms with Crippen molar-refractivity contribution in [1.29, 1.82) is 0 Å². The highest BCUT2D eigenvalue weighted by atomic mass is 15.2. The zero-order valence-electron chi connectivity index (χ0n) is 13.5. The van der Waals surface area contributed by atoms with Crippen molar-refractivity contribution >= 4 is 0 Å². The fourth-order valence-electron chi connectivity index (χ4n) is 3.05. The van der Waals surface area contributed by atoms with Crippen LogP contribution >= 0.6 is 0 Å². The molecule has 0 saturated carbocycles. The Morgan fingerprint density at radius 3 is 2.32 bits per heavy atom. The summed E-state index contributed by atoms with van der Waals surface area (Å²) in [5, 5.41) is 3.58. The van der Waals surface area contributed by atoms with Crippen LogP contribution in [-0.4, -0.2) is 62.2 Å². The van der Waals surface area contributed by atoms with E-state index in [-0.39, 0.29) is 0 Å². The first-order valence-electron chi connectivity index (χ1n) is 8.45. The molecule has 0 aromatic rings. The summed E-state index contributed by atoms with van der Waals surface area (Å²) in [6, 6.07) is 0. The molecule has 3 heteroatoms. The predicted molar refractivity (Wildman–Crippen MR) is 84.7 cm³/mol. The van der Waals surface area contributed by atoms with Crippen molar-refractivity contribution in [2.24, 2.45) is 5.92 Å². The second-order valence-electron chi connectivity index (χ2n) is 5.85. The fraction of sp³-hybridized carbons (Fsp3) is 1.00. The van der Waals surface area contributed by atoms with E-state index in [1.807, 2.05) is 0 Å². The monoisotopic (exact) mass is 269 g/mol. The molecule has 0 atom stereocenters. The summed E-state index contributed by atoms with van der Waals surface area (Å²) in [6.45, 7) is 16.5. The zero-order chi connectivity index (χ0) is 13.9. The zero-order valence-corrected chi connectivity index (χ0v) is 13.5. The highest BCUT2D eigenvalue weighted by Crippen LogP contribution is 2.21. The summed E-state index contributed by atoms with van der Waals surface area (Å²) in [5.74, 6) is 1.01. The van der Waals surface area contributed by atoms with Crippen LogP contribution in [0.3, 0.4) is 0 Å². The van der Waals surface area contributed by atoms with Crippen molar-refractivity contribution in [3.05, 3.63) is 0 Å². The summed E-state index contributed by atoms with van der Waals surface area (Å²) < 4.78 is 0. The molecule has 1 aliphatic heterocycles. The van der Waals surface area contributed by atoms with Crippen LogP contribution in [0, 0.1) is 5.92 Å². The minimum atomic E-state index is 1.01. The van der Waals surface area contributed by atoms with Gasteiger partial charge in [-0.2, -0.15) is 0 Å². The number of nitrogens with zero attached hydrogens (tertiary/aromatic N) is 2. The van der Waals surface area contributed by atoms with Gasteiger partial charge in [-0.05, 0) is 44.9 Å². The lowest BCUT2D eigenvalue weighted by atomic mass is 9.92. The smallest absolute Gasteiger partial charge is 0.0107 e. The van der Waals surface area contributed by atoms with Gasteiger partial charge in [0.05, 0.1) is 0 Å². The molecule has 1 saturated heterocycles. The van der Waals surface area contributed by atoms with Gasteiger partial charge in [0, 0.05) is 26.2 Å². The Morgan fingerprint density at radius 1 is 1.05 bits per heavy atom. The minimum absolute atomic E-state index is 1.01. The number of piperidine rings is 1. The number of rotatable bonds is 10. The number of likely N-dealkylation sites (tertiary alicyclic amines) is 1. The van der Waals surface area contributed by atoms with Crippen LogP contribution in [0.2, 0.25) is 0 Å². The third-order valence-electron chi connectivity index (χ3n) is 4.51. The second kappa shape index (κ2) is 10.6. The van der Waals surface area contributed by atoms with Crippen LogP contribution in [0.1, 0.15) is 46.5 Å². The molecular weight excluding hydrogens is 234 g/mol. The van der Waals surface area contributed by atoms with E-state index in [4.69, 9.17) is 0 Å². The molecule has 0 bridgehead atoms. The molecule has 0 aliphatic carbocycles. The van der Waals surface area contributed by atoms with Crippen LogP contribution in [0.25, 0.3) is 0 Å². The van der Waals surface area contributed by atoms with E-state index in [0.717, 1.165) is 19.0 Å². The Morgan fingerprint density at radius 2 is 1.74 bits per heavy atom. The van der Waals surface area contributed by atoms with Gasteiger partial charge in [-0.15, -0.1) is 0 Å². The largest absolute Gasteiger partial charge is 0.314 e. The molecule has 19 heavy (non-hydrogen) atoms. The molecule has 3 nitrogen and oxygen atoms in total. The minimum Gasteiger partial charge on any atom is -0.314 e. The molecule has 1 heterocycles. The van der Waals surface area contributed by atoms with Gasteiger partial charge >= 0.3 is 0 Å². The van der Waals surface area contributed by atoms with Crippen LogP contribution in [0.4, 0.5) is 0 Å². The van der Waals surface area contributed by atoms with E-state index < -0.39 is 0 Å². The van der Waals surface area contributed by atoms with Crippen molar-refractivity contribution in [1.82, 2.24) is 15.1 Å². The van der Waals surface area contributed by atoms with Crippen molar-refractivity contribution in [3.8, 4) is 0 Å². The first-order valence-corrected chi connectivity index (χ1v) is 8.45. The number of hydrogen-bond donors (Lipinski definition) is 1. The molecule has 0 spiro atoms. The van der Waals surface area contributed by atoms with Gasteiger partial charge in [-0.3, -0.25) is 0 Å². The van der Waals surface area contributed by atoms with E-state index >= 15 is 0 Å². The topological polar surface area (TPSA) is 18.5 Å². The van der Waals surface area contributed by atoms with Crippen LogP contribution < -0.4 is 5.32 Å². The van der Waals surface area contributed by atoms with Gasteiger partial charge in [0.25, 0.3) is 0 Å². The van der Waals surface area contributed by atoms with E-state index in [9.17, 15) is 0 Å². The molecule has 0 unspecified atom stereocenters. The van der Waals surface area contributed by atoms with Crippen molar-refractivity contribution in [2.45, 2.75) is 46.5 Å². The third-order valence-corrected chi connectivity index (χ3v) is 4.51. The molecule has 1 N–H and O–H groups in total. The molecule has 0 radical (unpaired) electrons. The maximum Gasteiger partial charge on any atom is 0.0107 e. The Kier molecular flexibility index (Phi) is 9.48. The van der Waals surface area contributed by atoms with Crippen LogP contribution in [-0.2, 0) is 0 Å². The molecular formula is C16H35N3. The first kappa shape index (κ1) is 16.9. The lowest BCUT2D eigenvalue weighted by Gasteiger charge is -2.32. The Labute approximate surface area is 120 Å². The Balaban J connectivity index is 1.96. The Hall–Kier alpha value is -0.120. The summed E-state index contributed by atoms with van der Waals surface area (Å²) in [7, 11) is 0. The van der Waals surface area contributed by atoms with Gasteiger partial charge in [-0.1, -0.05) is 33.6 Å². The molecule has 0 aromatic carbocycles. The number of nitrogens with one attached hydrogen (secondary N) is 1. The predicted octanol–water partition coefficient (Wildman–Crippen LogP) is 2.43. The lowest BCUT2D eigenvalue weighted by Crippen LogP contribution is -2.40. The van der Waals surface area contributed by atoms with E-state index in [1.165, 1.54) is 65.0 Å². The van der Waals surface area contributed by atoms with E-state index in [1.54, 1.807) is 0 Å². The summed E-state index contributed by atoms with van der Waals surface area (Å²) >= 11 is 0. The molecule has 1 rings (SSSR count). The molecule has 0 amide bonds. The van der Waals surface area contributed by atoms with Gasteiger partial charge in [-0.25, -0.2) is 0 Å². The first-order chi connectivity index (χ1) is 9.30. The van der Waals surface area contributed by atoms with Crippen molar-refractivity contribution in [3.63, 3.8) is 0 Å². The molecule has 1 aliphatic rings. The van der Waals surface area contributed by atoms with Crippen LogP contribution in [0.15, 0.2) is 0 Å². The quantitative estimate of drug-likeness (QED) is 0.615. The van der Waals surface area contributed by atoms with Gasteiger partial charge in [0.2, 0.25) is 0 Å². The molecule has 1 fully saturated rings. The standard InChI is InChI=1S/C16H35N3/c1-4-7-16-8-12-19(13-9-16)15-11-17-10-14-18(5-2)6-3/h16-17H,4-15H2,1-3H3. The van der Waals surface area contributed by atoms with Crippen LogP contribution in [0.5, 0.6) is 0 Å². The summed E-state index contributed by atoms with van der Waals surface area (Å²) in [5.41, 5.74) is 0. The van der Waals surface area contributed by atoms with E-state index in [0.29, 0.717) is 0 Å². The average molecular weight is 269 g/mol. The highest BCUT2D eigenvalue weighted by molar-refractivity contribution is 4.72. The van der Waals surface area contributed by atoms with Gasteiger partial charge in [0.15, 0.2) is 0 Å². The Bertz CT molecular complexity index is 196. The van der Waals surface area contributed by atoms with Gasteiger partial charge < -0.3 is 15.1 Å². The third kappa shape index (κ3) is 7.28.